The van der Waals surface area contributed by atoms with Crippen LogP contribution in [0.15, 0.2) is 12.1 Å². The van der Waals surface area contributed by atoms with Gasteiger partial charge in [0.15, 0.2) is 11.5 Å². The number of rotatable bonds is 2. The first-order valence-corrected chi connectivity index (χ1v) is 4.63. The van der Waals surface area contributed by atoms with E-state index in [1.807, 2.05) is 0 Å². The molecular formula is C8H11BrINO2. The van der Waals surface area contributed by atoms with E-state index < -0.39 is 0 Å². The SMILES string of the molecule is Br.NCCc1cc(O)c(O)cc1[123I]. The number of hydrogen-bond donors (Lipinski definition) is 3. The molecule has 0 amide bonds. The summed E-state index contributed by atoms with van der Waals surface area (Å²) < 4.78 is 0.924. The zero-order valence-corrected chi connectivity index (χ0v) is 10.7. The summed E-state index contributed by atoms with van der Waals surface area (Å²) in [7, 11) is 0. The maximum Gasteiger partial charge on any atom is 0.158 e. The maximum atomic E-state index is 9.16. The molecule has 74 valence electrons. The highest BCUT2D eigenvalue weighted by molar-refractivity contribution is 14.1. The van der Waals surface area contributed by atoms with E-state index >= 15 is 0 Å². The second-order valence-corrected chi connectivity index (χ2v) is 3.63. The van der Waals surface area contributed by atoms with Crippen molar-refractivity contribution in [2.45, 2.75) is 6.42 Å². The highest BCUT2D eigenvalue weighted by Crippen LogP contribution is 2.29. The molecule has 1 rings (SSSR count). The molecule has 0 radical (unpaired) electrons. The number of hydrogen-bond acceptors (Lipinski definition) is 3. The minimum atomic E-state index is -0.0844. The third-order valence-electron chi connectivity index (χ3n) is 1.56. The number of nitrogens with two attached hydrogens (primary N) is 1. The highest BCUT2D eigenvalue weighted by Gasteiger charge is 2.05. The average Bonchev–Trinajstić information content (AvgIpc) is 2.01. The topological polar surface area (TPSA) is 66.5 Å². The third kappa shape index (κ3) is 3.32. The first kappa shape index (κ1) is 13.0. The van der Waals surface area contributed by atoms with Crippen molar-refractivity contribution in [1.82, 2.24) is 0 Å². The van der Waals surface area contributed by atoms with E-state index in [0.29, 0.717) is 13.0 Å². The quantitative estimate of drug-likeness (QED) is 0.559. The molecule has 4 N–H and O–H groups in total. The largest absolute Gasteiger partial charge is 0.504 e. The Labute approximate surface area is 101 Å². The summed E-state index contributed by atoms with van der Waals surface area (Å²) in [5.74, 6) is -0.168. The summed E-state index contributed by atoms with van der Waals surface area (Å²) in [5, 5.41) is 18.3. The van der Waals surface area contributed by atoms with Crippen LogP contribution in [0.3, 0.4) is 0 Å². The third-order valence-corrected chi connectivity index (χ3v) is 2.56. The Morgan fingerprint density at radius 1 is 1.23 bits per heavy atom. The predicted octanol–water partition coefficient (Wildman–Crippen LogP) is 1.78. The number of aromatic hydroxyl groups is 2. The monoisotopic (exact) mass is 355 g/mol. The van der Waals surface area contributed by atoms with Crippen molar-refractivity contribution in [3.8, 4) is 11.5 Å². The molecule has 0 atom stereocenters. The van der Waals surface area contributed by atoms with E-state index in [9.17, 15) is 0 Å². The van der Waals surface area contributed by atoms with E-state index in [1.54, 1.807) is 6.07 Å². The second kappa shape index (κ2) is 5.66. The Morgan fingerprint density at radius 3 is 2.31 bits per heavy atom. The van der Waals surface area contributed by atoms with Crippen LogP contribution < -0.4 is 5.73 Å². The molecule has 0 bridgehead atoms. The van der Waals surface area contributed by atoms with Crippen molar-refractivity contribution in [1.29, 1.82) is 0 Å². The molecule has 5 heteroatoms. The minimum Gasteiger partial charge on any atom is -0.504 e. The lowest BCUT2D eigenvalue weighted by molar-refractivity contribution is 0.402. The molecule has 1 aromatic rings. The molecule has 0 aromatic heterocycles. The molecule has 13 heavy (non-hydrogen) atoms. The second-order valence-electron chi connectivity index (χ2n) is 2.47. The first-order chi connectivity index (χ1) is 5.65. The van der Waals surface area contributed by atoms with Crippen LogP contribution in [0.4, 0.5) is 0 Å². The van der Waals surface area contributed by atoms with E-state index in [2.05, 4.69) is 22.6 Å². The van der Waals surface area contributed by atoms with Gasteiger partial charge < -0.3 is 15.9 Å². The summed E-state index contributed by atoms with van der Waals surface area (Å²) in [6.45, 7) is 0.542. The van der Waals surface area contributed by atoms with Crippen LogP contribution in [0, 0.1) is 3.57 Å². The van der Waals surface area contributed by atoms with Gasteiger partial charge in [-0.3, -0.25) is 0 Å². The van der Waals surface area contributed by atoms with Crippen LogP contribution in [-0.2, 0) is 6.42 Å². The lowest BCUT2D eigenvalue weighted by atomic mass is 10.1. The van der Waals surface area contributed by atoms with Gasteiger partial charge in [-0.15, -0.1) is 17.0 Å². The molecule has 0 aliphatic heterocycles. The summed E-state index contributed by atoms with van der Waals surface area (Å²) in [5.41, 5.74) is 6.34. The molecule has 0 saturated carbocycles. The molecular weight excluding hydrogens is 345 g/mol. The molecule has 0 saturated heterocycles. The lowest BCUT2D eigenvalue weighted by Gasteiger charge is -2.04. The normalized spacial score (nSPS) is 9.38. The Bertz CT molecular complexity index is 294. The van der Waals surface area contributed by atoms with Crippen LogP contribution in [0.5, 0.6) is 11.5 Å². The van der Waals surface area contributed by atoms with Gasteiger partial charge in [-0.1, -0.05) is 0 Å². The average molecular weight is 356 g/mol. The van der Waals surface area contributed by atoms with Gasteiger partial charge in [0.05, 0.1) is 0 Å². The molecule has 1 aromatic carbocycles. The van der Waals surface area contributed by atoms with E-state index in [0.717, 1.165) is 9.13 Å². The van der Waals surface area contributed by atoms with Crippen molar-refractivity contribution in [3.05, 3.63) is 21.3 Å². The van der Waals surface area contributed by atoms with Gasteiger partial charge in [-0.2, -0.15) is 0 Å². The van der Waals surface area contributed by atoms with Crippen molar-refractivity contribution in [3.63, 3.8) is 0 Å². The Kier molecular flexibility index (Phi) is 5.66. The van der Waals surface area contributed by atoms with Gasteiger partial charge in [0, 0.05) is 3.57 Å². The van der Waals surface area contributed by atoms with Gasteiger partial charge in [-0.25, -0.2) is 0 Å². The zero-order valence-electron chi connectivity index (χ0n) is 6.83. The smallest absolute Gasteiger partial charge is 0.158 e. The van der Waals surface area contributed by atoms with Crippen LogP contribution in [0.1, 0.15) is 5.56 Å². The van der Waals surface area contributed by atoms with Crippen LogP contribution in [-0.4, -0.2) is 16.8 Å². The van der Waals surface area contributed by atoms with Crippen molar-refractivity contribution in [2.75, 3.05) is 6.54 Å². The van der Waals surface area contributed by atoms with E-state index in [4.69, 9.17) is 15.9 Å². The Morgan fingerprint density at radius 2 is 1.77 bits per heavy atom. The summed E-state index contributed by atoms with van der Waals surface area (Å²) in [6, 6.07) is 3.07. The fourth-order valence-corrected chi connectivity index (χ4v) is 1.66. The minimum absolute atomic E-state index is 0. The fraction of sp³-hybridized carbons (Fsp3) is 0.250. The number of halogens is 2. The Balaban J connectivity index is 0.00000144. The maximum absolute atomic E-state index is 9.16. The molecule has 0 spiro atoms. The van der Waals surface area contributed by atoms with E-state index in [1.165, 1.54) is 6.07 Å². The molecule has 0 heterocycles. The summed E-state index contributed by atoms with van der Waals surface area (Å²) >= 11 is 2.10. The van der Waals surface area contributed by atoms with Crippen molar-refractivity contribution >= 4 is 39.6 Å². The van der Waals surface area contributed by atoms with Crippen LogP contribution in [0.2, 0.25) is 0 Å². The van der Waals surface area contributed by atoms with E-state index in [-0.39, 0.29) is 28.5 Å². The van der Waals surface area contributed by atoms with Gasteiger partial charge in [-0.05, 0) is 53.3 Å². The number of phenols is 2. The number of phenolic OH excluding ortho intramolecular Hbond substituents is 2. The molecule has 0 unspecified atom stereocenters. The van der Waals surface area contributed by atoms with Gasteiger partial charge in [0.2, 0.25) is 0 Å². The Hall–Kier alpha value is -0.0100. The predicted molar refractivity (Wildman–Crippen MR) is 65.6 cm³/mol. The molecule has 0 aliphatic carbocycles. The standard InChI is InChI=1S/C8H10INO2.BrH/c9-6-4-8(12)7(11)3-5(6)1-2-10;/h3-4,11-12H,1-2,10H2;1H/i9-4;. The van der Waals surface area contributed by atoms with Gasteiger partial charge >= 0.3 is 0 Å². The fourth-order valence-electron chi connectivity index (χ4n) is 0.942. The molecule has 0 fully saturated rings. The van der Waals surface area contributed by atoms with Crippen LogP contribution >= 0.6 is 39.6 Å². The zero-order chi connectivity index (χ0) is 9.14. The lowest BCUT2D eigenvalue weighted by Crippen LogP contribution is -2.03. The first-order valence-electron chi connectivity index (χ1n) is 3.55. The van der Waals surface area contributed by atoms with Gasteiger partial charge in [0.25, 0.3) is 0 Å². The number of benzene rings is 1. The van der Waals surface area contributed by atoms with Crippen molar-refractivity contribution in [2.24, 2.45) is 5.73 Å². The molecule has 0 aliphatic rings. The summed E-state index contributed by atoms with van der Waals surface area (Å²) in [6.07, 6.45) is 0.714. The summed E-state index contributed by atoms with van der Waals surface area (Å²) in [4.78, 5) is 0. The van der Waals surface area contributed by atoms with Crippen molar-refractivity contribution < 1.29 is 10.2 Å². The molecule has 3 nitrogen and oxygen atoms in total. The highest BCUT2D eigenvalue weighted by atomic mass is 123. The van der Waals surface area contributed by atoms with Gasteiger partial charge in [0.1, 0.15) is 0 Å². The van der Waals surface area contributed by atoms with Crippen LogP contribution in [0.25, 0.3) is 0 Å².